The van der Waals surface area contributed by atoms with Gasteiger partial charge in [-0.05, 0) is 23.8 Å². The van der Waals surface area contributed by atoms with E-state index in [0.29, 0.717) is 36.2 Å². The third-order valence-electron chi connectivity index (χ3n) is 6.07. The van der Waals surface area contributed by atoms with E-state index in [-0.39, 0.29) is 23.2 Å². The van der Waals surface area contributed by atoms with E-state index < -0.39 is 0 Å². The van der Waals surface area contributed by atoms with Crippen LogP contribution in [0.25, 0.3) is 16.5 Å². The van der Waals surface area contributed by atoms with E-state index >= 15 is 0 Å². The van der Waals surface area contributed by atoms with Gasteiger partial charge in [-0.15, -0.1) is 0 Å². The lowest BCUT2D eigenvalue weighted by Crippen LogP contribution is -2.43. The highest BCUT2D eigenvalue weighted by atomic mass is 16.5. The lowest BCUT2D eigenvalue weighted by molar-refractivity contribution is 0.0332. The lowest BCUT2D eigenvalue weighted by Gasteiger charge is -2.31. The van der Waals surface area contributed by atoms with E-state index in [9.17, 15) is 9.59 Å². The molecule has 1 aliphatic heterocycles. The summed E-state index contributed by atoms with van der Waals surface area (Å²) < 4.78 is 6.78. The van der Waals surface area contributed by atoms with E-state index in [4.69, 9.17) is 4.74 Å². The average molecular weight is 455 g/mol. The van der Waals surface area contributed by atoms with Gasteiger partial charge >= 0.3 is 0 Å². The maximum Gasteiger partial charge on any atom is 0.279 e. The van der Waals surface area contributed by atoms with Gasteiger partial charge in [-0.1, -0.05) is 66.7 Å². The lowest BCUT2D eigenvalue weighted by atomic mass is 10.0. The topological polar surface area (TPSA) is 76.5 Å². The summed E-state index contributed by atoms with van der Waals surface area (Å²) in [5.74, 6) is -0.317. The highest BCUT2D eigenvalue weighted by molar-refractivity contribution is 6.05. The molecular weight excluding hydrogens is 428 g/mol. The summed E-state index contributed by atoms with van der Waals surface area (Å²) in [6, 6.07) is 26.0. The molecule has 1 aromatic heterocycles. The van der Waals surface area contributed by atoms with Crippen LogP contribution < -0.4 is 10.9 Å². The first-order valence-corrected chi connectivity index (χ1v) is 11.4. The number of morpholine rings is 1. The Balaban J connectivity index is 1.53. The number of benzene rings is 3. The Morgan fingerprint density at radius 2 is 1.50 bits per heavy atom. The summed E-state index contributed by atoms with van der Waals surface area (Å²) in [4.78, 5) is 29.1. The predicted molar refractivity (Wildman–Crippen MR) is 131 cm³/mol. The molecule has 34 heavy (non-hydrogen) atoms. The van der Waals surface area contributed by atoms with Crippen molar-refractivity contribution in [2.75, 3.05) is 32.8 Å². The van der Waals surface area contributed by atoms with Crippen LogP contribution in [-0.2, 0) is 4.74 Å². The van der Waals surface area contributed by atoms with Gasteiger partial charge < -0.3 is 10.1 Å². The van der Waals surface area contributed by atoms with Gasteiger partial charge in [-0.3, -0.25) is 14.5 Å². The number of nitrogens with one attached hydrogen (secondary N) is 1. The van der Waals surface area contributed by atoms with Crippen LogP contribution in [0.3, 0.4) is 0 Å². The number of carbonyl (C=O) groups excluding carboxylic acids is 1. The fraction of sp³-hybridized carbons (Fsp3) is 0.222. The average Bonchev–Trinajstić information content (AvgIpc) is 2.90. The summed E-state index contributed by atoms with van der Waals surface area (Å²) in [6.07, 6.45) is 0. The number of carbonyl (C=O) groups is 1. The maximum atomic E-state index is 13.6. The molecule has 0 saturated carbocycles. The number of para-hydroxylation sites is 1. The molecule has 4 aromatic rings. The van der Waals surface area contributed by atoms with Gasteiger partial charge in [0.2, 0.25) is 0 Å². The Morgan fingerprint density at radius 1 is 0.882 bits per heavy atom. The smallest absolute Gasteiger partial charge is 0.279 e. The Hall–Kier alpha value is -3.81. The highest BCUT2D eigenvalue weighted by Gasteiger charge is 2.23. The number of nitrogens with zero attached hydrogens (tertiary/aromatic N) is 3. The second-order valence-electron chi connectivity index (χ2n) is 8.30. The number of hydrogen-bond donors (Lipinski definition) is 1. The molecule has 0 radical (unpaired) electrons. The first kappa shape index (κ1) is 22.0. The van der Waals surface area contributed by atoms with Gasteiger partial charge in [0, 0.05) is 25.0 Å². The van der Waals surface area contributed by atoms with E-state index in [0.717, 1.165) is 18.7 Å². The summed E-state index contributed by atoms with van der Waals surface area (Å²) in [5.41, 5.74) is 1.59. The molecule has 0 aliphatic carbocycles. The minimum Gasteiger partial charge on any atom is -0.379 e. The van der Waals surface area contributed by atoms with Crippen molar-refractivity contribution in [2.45, 2.75) is 6.04 Å². The van der Waals surface area contributed by atoms with E-state index in [1.807, 2.05) is 54.6 Å². The largest absolute Gasteiger partial charge is 0.379 e. The SMILES string of the molecule is O=C(NC(CN1CCOCC1)c1ccccc1)c1nn(-c2ccccc2)c(=O)c2ccccc12. The predicted octanol–water partition coefficient (Wildman–Crippen LogP) is 3.19. The second-order valence-corrected chi connectivity index (χ2v) is 8.30. The molecule has 0 bridgehead atoms. The maximum absolute atomic E-state index is 13.6. The normalized spacial score (nSPS) is 15.2. The van der Waals surface area contributed by atoms with Crippen LogP contribution in [0, 0.1) is 0 Å². The molecule has 1 saturated heterocycles. The van der Waals surface area contributed by atoms with Gasteiger partial charge in [0.25, 0.3) is 11.5 Å². The van der Waals surface area contributed by atoms with Gasteiger partial charge in [-0.2, -0.15) is 9.78 Å². The zero-order chi connectivity index (χ0) is 23.3. The molecule has 1 atom stereocenters. The van der Waals surface area contributed by atoms with Crippen molar-refractivity contribution < 1.29 is 9.53 Å². The monoisotopic (exact) mass is 454 g/mol. The summed E-state index contributed by atoms with van der Waals surface area (Å²) in [7, 11) is 0. The van der Waals surface area contributed by atoms with Crippen LogP contribution in [0.2, 0.25) is 0 Å². The van der Waals surface area contributed by atoms with E-state index in [1.165, 1.54) is 4.68 Å². The molecule has 1 aliphatic rings. The quantitative estimate of drug-likeness (QED) is 0.484. The highest BCUT2D eigenvalue weighted by Crippen LogP contribution is 2.19. The number of amides is 1. The van der Waals surface area contributed by atoms with Crippen molar-refractivity contribution >= 4 is 16.7 Å². The molecule has 3 aromatic carbocycles. The molecule has 1 amide bonds. The molecule has 5 rings (SSSR count). The van der Waals surface area contributed by atoms with Crippen molar-refractivity contribution in [3.63, 3.8) is 0 Å². The Morgan fingerprint density at radius 3 is 2.21 bits per heavy atom. The third kappa shape index (κ3) is 4.62. The van der Waals surface area contributed by atoms with E-state index in [1.54, 1.807) is 30.3 Å². The third-order valence-corrected chi connectivity index (χ3v) is 6.07. The summed E-state index contributed by atoms with van der Waals surface area (Å²) in [6.45, 7) is 3.67. The Labute approximate surface area is 197 Å². The molecule has 172 valence electrons. The van der Waals surface area contributed by atoms with Gasteiger partial charge in [-0.25, -0.2) is 0 Å². The molecular formula is C27H26N4O3. The van der Waals surface area contributed by atoms with Crippen LogP contribution in [0.15, 0.2) is 89.7 Å². The van der Waals surface area contributed by atoms with Crippen molar-refractivity contribution in [1.29, 1.82) is 0 Å². The first-order valence-electron chi connectivity index (χ1n) is 11.4. The number of aromatic nitrogens is 2. The number of hydrogen-bond acceptors (Lipinski definition) is 5. The first-order chi connectivity index (χ1) is 16.7. The van der Waals surface area contributed by atoms with Crippen molar-refractivity contribution in [2.24, 2.45) is 0 Å². The molecule has 1 fully saturated rings. The van der Waals surface area contributed by atoms with Crippen LogP contribution in [0.4, 0.5) is 0 Å². The zero-order valence-electron chi connectivity index (χ0n) is 18.8. The fourth-order valence-corrected chi connectivity index (χ4v) is 4.29. The van der Waals surface area contributed by atoms with Crippen molar-refractivity contribution in [3.05, 3.63) is 107 Å². The fourth-order valence-electron chi connectivity index (χ4n) is 4.29. The molecule has 1 unspecified atom stereocenters. The van der Waals surface area contributed by atoms with Crippen LogP contribution in [0.1, 0.15) is 22.1 Å². The van der Waals surface area contributed by atoms with E-state index in [2.05, 4.69) is 15.3 Å². The minimum absolute atomic E-state index is 0.224. The second kappa shape index (κ2) is 9.99. The summed E-state index contributed by atoms with van der Waals surface area (Å²) >= 11 is 0. The molecule has 7 heteroatoms. The Kier molecular flexibility index (Phi) is 6.46. The Bertz CT molecular complexity index is 1330. The van der Waals surface area contributed by atoms with Gasteiger partial charge in [0.15, 0.2) is 5.69 Å². The molecule has 0 spiro atoms. The van der Waals surface area contributed by atoms with Crippen LogP contribution in [0.5, 0.6) is 0 Å². The zero-order valence-corrected chi connectivity index (χ0v) is 18.8. The van der Waals surface area contributed by atoms with Crippen molar-refractivity contribution in [3.8, 4) is 5.69 Å². The van der Waals surface area contributed by atoms with Gasteiger partial charge in [0.05, 0.1) is 30.3 Å². The minimum atomic E-state index is -0.317. The molecule has 2 heterocycles. The number of rotatable bonds is 6. The number of ether oxygens (including phenoxy) is 1. The molecule has 7 nitrogen and oxygen atoms in total. The van der Waals surface area contributed by atoms with Gasteiger partial charge in [0.1, 0.15) is 0 Å². The van der Waals surface area contributed by atoms with Crippen LogP contribution in [-0.4, -0.2) is 53.4 Å². The van der Waals surface area contributed by atoms with Crippen LogP contribution >= 0.6 is 0 Å². The van der Waals surface area contributed by atoms with Crippen molar-refractivity contribution in [1.82, 2.24) is 20.0 Å². The number of fused-ring (bicyclic) bond motifs is 1. The summed E-state index contributed by atoms with van der Waals surface area (Å²) in [5, 5.41) is 8.70. The standard InChI is InChI=1S/C27H26N4O3/c32-26(28-24(20-9-3-1-4-10-20)19-30-15-17-34-18-16-30)25-22-13-7-8-14-23(22)27(33)31(29-25)21-11-5-2-6-12-21/h1-14,24H,15-19H2,(H,28,32). The molecule has 1 N–H and O–H groups in total.